The van der Waals surface area contributed by atoms with Gasteiger partial charge in [0.05, 0.1) is 23.8 Å². The van der Waals surface area contributed by atoms with E-state index in [1.807, 2.05) is 0 Å². The van der Waals surface area contributed by atoms with Gasteiger partial charge in [-0.1, -0.05) is 18.2 Å². The van der Waals surface area contributed by atoms with Crippen molar-refractivity contribution in [1.82, 2.24) is 4.90 Å². The number of rotatable bonds is 4. The second-order valence-electron chi connectivity index (χ2n) is 4.00. The van der Waals surface area contributed by atoms with Crippen LogP contribution in [-0.2, 0) is 0 Å². The van der Waals surface area contributed by atoms with Gasteiger partial charge in [-0.2, -0.15) is 0 Å². The Labute approximate surface area is 104 Å². The molecule has 2 atom stereocenters. The molecule has 0 aromatic heterocycles. The maximum atomic E-state index is 12.1. The number of nitrogens with zero attached hydrogens (tertiary/aromatic N) is 1. The molecule has 2 rings (SSSR count). The average Bonchev–Trinajstić information content (AvgIpc) is 2.65. The van der Waals surface area contributed by atoms with E-state index in [-0.39, 0.29) is 0 Å². The molecule has 0 radical (unpaired) electrons. The molecule has 0 unspecified atom stereocenters. The van der Waals surface area contributed by atoms with Crippen LogP contribution in [0.25, 0.3) is 0 Å². The summed E-state index contributed by atoms with van der Waals surface area (Å²) in [5, 5.41) is 18.6. The Bertz CT molecular complexity index is 476. The third-order valence-electron chi connectivity index (χ3n) is 2.95. The molecular formula is C13H13NO4. The summed E-state index contributed by atoms with van der Waals surface area (Å²) >= 11 is 0. The van der Waals surface area contributed by atoms with E-state index < -0.39 is 30.6 Å². The van der Waals surface area contributed by atoms with Crippen molar-refractivity contribution >= 4 is 11.8 Å². The van der Waals surface area contributed by atoms with E-state index in [1.165, 1.54) is 6.08 Å². The molecule has 94 valence electrons. The number of hydrogen-bond donors (Lipinski definition) is 2. The Hall–Kier alpha value is -1.98. The largest absolute Gasteiger partial charge is 0.394 e. The molecule has 18 heavy (non-hydrogen) atoms. The van der Waals surface area contributed by atoms with Crippen LogP contribution >= 0.6 is 0 Å². The normalized spacial score (nSPS) is 17.6. The van der Waals surface area contributed by atoms with Gasteiger partial charge in [0.2, 0.25) is 0 Å². The highest BCUT2D eigenvalue weighted by Crippen LogP contribution is 2.25. The lowest BCUT2D eigenvalue weighted by Gasteiger charge is -2.26. The monoisotopic (exact) mass is 247 g/mol. The minimum absolute atomic E-state index is 0.305. The summed E-state index contributed by atoms with van der Waals surface area (Å²) in [6.07, 6.45) is 0.0486. The predicted octanol–water partition coefficient (Wildman–Crippen LogP) is 0.190. The van der Waals surface area contributed by atoms with E-state index in [4.69, 9.17) is 5.11 Å². The Kier molecular flexibility index (Phi) is 3.27. The Morgan fingerprint density at radius 3 is 2.11 bits per heavy atom. The summed E-state index contributed by atoms with van der Waals surface area (Å²) in [5.74, 6) is -0.957. The zero-order valence-electron chi connectivity index (χ0n) is 9.61. The highest BCUT2D eigenvalue weighted by molar-refractivity contribution is 6.21. The van der Waals surface area contributed by atoms with Crippen LogP contribution in [0.3, 0.4) is 0 Å². The van der Waals surface area contributed by atoms with E-state index in [1.54, 1.807) is 24.3 Å². The lowest BCUT2D eigenvalue weighted by Crippen LogP contribution is -2.46. The number of carbonyl (C=O) groups is 2. The van der Waals surface area contributed by atoms with Crippen molar-refractivity contribution in [3.05, 3.63) is 48.0 Å². The SMILES string of the molecule is C=C[C@H]([C@H](O)CO)N1C(=O)c2ccccc2C1=O. The molecule has 5 nitrogen and oxygen atoms in total. The predicted molar refractivity (Wildman–Crippen MR) is 64.0 cm³/mol. The fourth-order valence-electron chi connectivity index (χ4n) is 2.02. The standard InChI is InChI=1S/C13H13NO4/c1-2-10(11(16)7-15)14-12(17)8-5-3-4-6-9(8)13(14)18/h2-6,10-11,15-16H,1,7H2/t10-,11-/m1/s1. The quantitative estimate of drug-likeness (QED) is 0.588. The van der Waals surface area contributed by atoms with E-state index in [2.05, 4.69) is 6.58 Å². The van der Waals surface area contributed by atoms with Gasteiger partial charge in [-0.15, -0.1) is 6.58 Å². The van der Waals surface area contributed by atoms with Crippen molar-refractivity contribution in [3.8, 4) is 0 Å². The maximum Gasteiger partial charge on any atom is 0.262 e. The third-order valence-corrected chi connectivity index (χ3v) is 2.95. The van der Waals surface area contributed by atoms with Gasteiger partial charge < -0.3 is 10.2 Å². The number of aliphatic hydroxyl groups is 2. The molecule has 1 aromatic rings. The van der Waals surface area contributed by atoms with E-state index >= 15 is 0 Å². The van der Waals surface area contributed by atoms with Crippen LogP contribution < -0.4 is 0 Å². The topological polar surface area (TPSA) is 77.8 Å². The zero-order valence-corrected chi connectivity index (χ0v) is 9.61. The van der Waals surface area contributed by atoms with Gasteiger partial charge >= 0.3 is 0 Å². The summed E-state index contributed by atoms with van der Waals surface area (Å²) in [7, 11) is 0. The van der Waals surface area contributed by atoms with Gasteiger partial charge in [0.25, 0.3) is 11.8 Å². The Morgan fingerprint density at radius 2 is 1.72 bits per heavy atom. The van der Waals surface area contributed by atoms with Crippen LogP contribution in [0.2, 0.25) is 0 Å². The molecule has 0 spiro atoms. The molecule has 5 heteroatoms. The fourth-order valence-corrected chi connectivity index (χ4v) is 2.02. The lowest BCUT2D eigenvalue weighted by atomic mass is 10.1. The van der Waals surface area contributed by atoms with Crippen LogP contribution in [0, 0.1) is 0 Å². The van der Waals surface area contributed by atoms with Crippen molar-refractivity contribution in [3.63, 3.8) is 0 Å². The summed E-state index contributed by atoms with van der Waals surface area (Å²) in [6.45, 7) is 2.94. The number of benzene rings is 1. The van der Waals surface area contributed by atoms with Gasteiger partial charge in [-0.3, -0.25) is 14.5 Å². The van der Waals surface area contributed by atoms with Crippen molar-refractivity contribution in [1.29, 1.82) is 0 Å². The number of carbonyl (C=O) groups excluding carboxylic acids is 2. The van der Waals surface area contributed by atoms with Gasteiger partial charge in [0.15, 0.2) is 0 Å². The van der Waals surface area contributed by atoms with Crippen LogP contribution in [0.1, 0.15) is 20.7 Å². The number of amides is 2. The van der Waals surface area contributed by atoms with E-state index in [0.717, 1.165) is 4.90 Å². The first-order valence-corrected chi connectivity index (χ1v) is 5.50. The number of aliphatic hydroxyl groups excluding tert-OH is 2. The summed E-state index contributed by atoms with van der Waals surface area (Å²) in [4.78, 5) is 25.1. The molecule has 1 aliphatic rings. The molecule has 1 aliphatic heterocycles. The second-order valence-corrected chi connectivity index (χ2v) is 4.00. The molecule has 2 amide bonds. The molecule has 0 bridgehead atoms. The van der Waals surface area contributed by atoms with E-state index in [9.17, 15) is 14.7 Å². The van der Waals surface area contributed by atoms with Crippen LogP contribution in [0.15, 0.2) is 36.9 Å². The molecule has 0 saturated heterocycles. The smallest absolute Gasteiger partial charge is 0.262 e. The molecule has 0 saturated carbocycles. The zero-order chi connectivity index (χ0) is 13.3. The molecule has 1 aromatic carbocycles. The van der Waals surface area contributed by atoms with Crippen molar-refractivity contribution in [2.75, 3.05) is 6.61 Å². The minimum atomic E-state index is -1.23. The van der Waals surface area contributed by atoms with Gasteiger partial charge in [0.1, 0.15) is 6.10 Å². The summed E-state index contributed by atoms with van der Waals surface area (Å²) in [5.41, 5.74) is 0.610. The van der Waals surface area contributed by atoms with Crippen molar-refractivity contribution in [2.24, 2.45) is 0 Å². The van der Waals surface area contributed by atoms with Crippen LogP contribution in [0.5, 0.6) is 0 Å². The highest BCUT2D eigenvalue weighted by Gasteiger charge is 2.40. The highest BCUT2D eigenvalue weighted by atomic mass is 16.3. The fraction of sp³-hybridized carbons (Fsp3) is 0.231. The first kappa shape index (κ1) is 12.5. The average molecular weight is 247 g/mol. The maximum absolute atomic E-state index is 12.1. The summed E-state index contributed by atoms with van der Waals surface area (Å²) in [6, 6.07) is 5.52. The van der Waals surface area contributed by atoms with E-state index in [0.29, 0.717) is 11.1 Å². The first-order chi connectivity index (χ1) is 8.61. The molecule has 0 fully saturated rings. The third kappa shape index (κ3) is 1.73. The number of fused-ring (bicyclic) bond motifs is 1. The van der Waals surface area contributed by atoms with Crippen LogP contribution in [0.4, 0.5) is 0 Å². The molecule has 0 aliphatic carbocycles. The van der Waals surface area contributed by atoms with Crippen molar-refractivity contribution in [2.45, 2.75) is 12.1 Å². The first-order valence-electron chi connectivity index (χ1n) is 5.50. The summed E-state index contributed by atoms with van der Waals surface area (Å²) < 4.78 is 0. The van der Waals surface area contributed by atoms with Crippen LogP contribution in [-0.4, -0.2) is 45.7 Å². The molecular weight excluding hydrogens is 234 g/mol. The Morgan fingerprint density at radius 1 is 1.22 bits per heavy atom. The number of imide groups is 1. The minimum Gasteiger partial charge on any atom is -0.394 e. The lowest BCUT2D eigenvalue weighted by molar-refractivity contribution is 0.0265. The molecule has 2 N–H and O–H groups in total. The van der Waals surface area contributed by atoms with Gasteiger partial charge in [-0.05, 0) is 12.1 Å². The Balaban J connectivity index is 2.41. The van der Waals surface area contributed by atoms with Crippen molar-refractivity contribution < 1.29 is 19.8 Å². The number of hydrogen-bond acceptors (Lipinski definition) is 4. The van der Waals surface area contributed by atoms with Gasteiger partial charge in [0, 0.05) is 0 Å². The second kappa shape index (κ2) is 4.72. The molecule has 1 heterocycles. The van der Waals surface area contributed by atoms with Gasteiger partial charge in [-0.25, -0.2) is 0 Å².